The Morgan fingerprint density at radius 1 is 1.35 bits per heavy atom. The van der Waals surface area contributed by atoms with Gasteiger partial charge in [-0.05, 0) is 32.6 Å². The first-order chi connectivity index (χ1) is 9.56. The zero-order valence-corrected chi connectivity index (χ0v) is 12.7. The molecule has 0 aliphatic carbocycles. The van der Waals surface area contributed by atoms with Crippen LogP contribution in [0.5, 0.6) is 0 Å². The summed E-state index contributed by atoms with van der Waals surface area (Å²) in [5.41, 5.74) is 0. The van der Waals surface area contributed by atoms with Crippen molar-refractivity contribution in [1.82, 2.24) is 10.2 Å². The molecule has 5 heteroatoms. The molecule has 3 unspecified atom stereocenters. The topological polar surface area (TPSA) is 58.6 Å². The number of hydrogen-bond acceptors (Lipinski definition) is 4. The Morgan fingerprint density at radius 3 is 2.65 bits per heavy atom. The lowest BCUT2D eigenvalue weighted by atomic mass is 10.0. The maximum Gasteiger partial charge on any atom is 0.247 e. The Bertz CT molecular complexity index is 368. The highest BCUT2D eigenvalue weighted by Gasteiger charge is 2.42. The Hall–Kier alpha value is -0.940. The average molecular weight is 282 g/mol. The second-order valence-corrected chi connectivity index (χ2v) is 5.90. The van der Waals surface area contributed by atoms with Gasteiger partial charge in [0.1, 0.15) is 0 Å². The van der Waals surface area contributed by atoms with E-state index in [1.165, 1.54) is 4.90 Å². The van der Waals surface area contributed by atoms with Gasteiger partial charge in [-0.1, -0.05) is 13.8 Å². The third kappa shape index (κ3) is 3.20. The summed E-state index contributed by atoms with van der Waals surface area (Å²) in [6.07, 6.45) is 4.00. The van der Waals surface area contributed by atoms with E-state index in [9.17, 15) is 9.59 Å². The van der Waals surface area contributed by atoms with Crippen molar-refractivity contribution in [2.24, 2.45) is 0 Å². The highest BCUT2D eigenvalue weighted by Crippen LogP contribution is 2.22. The number of likely N-dealkylation sites (tertiary alicyclic amines) is 1. The van der Waals surface area contributed by atoms with Crippen LogP contribution in [0.2, 0.25) is 0 Å². The molecule has 2 heterocycles. The number of carbonyl (C=O) groups is 2. The van der Waals surface area contributed by atoms with Crippen molar-refractivity contribution in [2.45, 2.75) is 77.1 Å². The molecular formula is C15H26N2O3. The maximum absolute atomic E-state index is 12.4. The molecule has 2 aliphatic heterocycles. The third-order valence-corrected chi connectivity index (χ3v) is 4.41. The summed E-state index contributed by atoms with van der Waals surface area (Å²) < 4.78 is 5.51. The quantitative estimate of drug-likeness (QED) is 0.776. The van der Waals surface area contributed by atoms with Crippen LogP contribution in [0.15, 0.2) is 0 Å². The molecular weight excluding hydrogens is 256 g/mol. The molecule has 20 heavy (non-hydrogen) atoms. The summed E-state index contributed by atoms with van der Waals surface area (Å²) >= 11 is 0. The Morgan fingerprint density at radius 2 is 2.05 bits per heavy atom. The SMILES string of the molecule is CCC(CC)N1C(=O)CC(NC2CCOC(C)C2)C1=O. The van der Waals surface area contributed by atoms with E-state index in [1.54, 1.807) is 0 Å². The van der Waals surface area contributed by atoms with Crippen molar-refractivity contribution in [3.8, 4) is 0 Å². The van der Waals surface area contributed by atoms with Gasteiger partial charge in [-0.25, -0.2) is 0 Å². The fourth-order valence-electron chi connectivity index (χ4n) is 3.25. The van der Waals surface area contributed by atoms with Crippen LogP contribution < -0.4 is 5.32 Å². The second-order valence-electron chi connectivity index (χ2n) is 5.90. The fraction of sp³-hybridized carbons (Fsp3) is 0.867. The van der Waals surface area contributed by atoms with Crippen molar-refractivity contribution < 1.29 is 14.3 Å². The minimum atomic E-state index is -0.335. The van der Waals surface area contributed by atoms with Crippen molar-refractivity contribution >= 4 is 11.8 Å². The van der Waals surface area contributed by atoms with E-state index < -0.39 is 0 Å². The number of amides is 2. The Labute approximate surface area is 121 Å². The van der Waals surface area contributed by atoms with Gasteiger partial charge >= 0.3 is 0 Å². The van der Waals surface area contributed by atoms with Crippen LogP contribution in [0.4, 0.5) is 0 Å². The smallest absolute Gasteiger partial charge is 0.247 e. The zero-order chi connectivity index (χ0) is 14.7. The predicted octanol–water partition coefficient (Wildman–Crippen LogP) is 1.46. The lowest BCUT2D eigenvalue weighted by Crippen LogP contribution is -2.48. The largest absolute Gasteiger partial charge is 0.378 e. The second kappa shape index (κ2) is 6.68. The molecule has 5 nitrogen and oxygen atoms in total. The highest BCUT2D eigenvalue weighted by molar-refractivity contribution is 6.05. The van der Waals surface area contributed by atoms with Crippen LogP contribution in [0, 0.1) is 0 Å². The molecule has 2 amide bonds. The van der Waals surface area contributed by atoms with Gasteiger partial charge in [-0.2, -0.15) is 0 Å². The van der Waals surface area contributed by atoms with Crippen LogP contribution >= 0.6 is 0 Å². The summed E-state index contributed by atoms with van der Waals surface area (Å²) in [7, 11) is 0. The molecule has 2 saturated heterocycles. The lowest BCUT2D eigenvalue weighted by molar-refractivity contribution is -0.141. The molecule has 0 aromatic carbocycles. The summed E-state index contributed by atoms with van der Waals surface area (Å²) in [5, 5.41) is 3.37. The van der Waals surface area contributed by atoms with Crippen molar-refractivity contribution in [2.75, 3.05) is 6.61 Å². The number of imide groups is 1. The number of nitrogens with zero attached hydrogens (tertiary/aromatic N) is 1. The summed E-state index contributed by atoms with van der Waals surface area (Å²) in [4.78, 5) is 26.0. The summed E-state index contributed by atoms with van der Waals surface area (Å²) in [5.74, 6) is -0.0656. The van der Waals surface area contributed by atoms with Gasteiger partial charge < -0.3 is 10.1 Å². The van der Waals surface area contributed by atoms with Gasteiger partial charge in [0, 0.05) is 18.7 Å². The monoisotopic (exact) mass is 282 g/mol. The van der Waals surface area contributed by atoms with Gasteiger partial charge in [0.25, 0.3) is 0 Å². The van der Waals surface area contributed by atoms with Crippen LogP contribution in [-0.4, -0.2) is 47.6 Å². The van der Waals surface area contributed by atoms with E-state index in [2.05, 4.69) is 5.32 Å². The number of rotatable bonds is 5. The molecule has 0 saturated carbocycles. The Balaban J connectivity index is 1.97. The minimum absolute atomic E-state index is 0.0266. The molecule has 0 spiro atoms. The first kappa shape index (κ1) is 15.4. The van der Waals surface area contributed by atoms with Crippen molar-refractivity contribution in [1.29, 1.82) is 0 Å². The number of nitrogens with one attached hydrogen (secondary N) is 1. The minimum Gasteiger partial charge on any atom is -0.378 e. The lowest BCUT2D eigenvalue weighted by Gasteiger charge is -2.30. The van der Waals surface area contributed by atoms with Crippen LogP contribution in [0.3, 0.4) is 0 Å². The number of carbonyl (C=O) groups excluding carboxylic acids is 2. The molecule has 2 rings (SSSR count). The average Bonchev–Trinajstić information content (AvgIpc) is 2.68. The molecule has 0 aromatic rings. The van der Waals surface area contributed by atoms with Gasteiger partial charge in [-0.15, -0.1) is 0 Å². The summed E-state index contributed by atoms with van der Waals surface area (Å²) in [6.45, 7) is 6.82. The van der Waals surface area contributed by atoms with Gasteiger partial charge in [0.2, 0.25) is 11.8 Å². The molecule has 0 bridgehead atoms. The highest BCUT2D eigenvalue weighted by atomic mass is 16.5. The van der Waals surface area contributed by atoms with Crippen molar-refractivity contribution in [3.05, 3.63) is 0 Å². The van der Waals surface area contributed by atoms with Crippen LogP contribution in [0.1, 0.15) is 52.9 Å². The molecule has 2 aliphatic rings. The maximum atomic E-state index is 12.4. The standard InChI is InChI=1S/C15H26N2O3/c1-4-12(5-2)17-14(18)9-13(15(17)19)16-11-6-7-20-10(3)8-11/h10-13,16H,4-9H2,1-3H3. The van der Waals surface area contributed by atoms with E-state index in [1.807, 2.05) is 20.8 Å². The van der Waals surface area contributed by atoms with E-state index in [0.717, 1.165) is 32.3 Å². The number of hydrogen-bond donors (Lipinski definition) is 1. The molecule has 114 valence electrons. The first-order valence-corrected chi connectivity index (χ1v) is 7.80. The fourth-order valence-corrected chi connectivity index (χ4v) is 3.25. The van der Waals surface area contributed by atoms with Gasteiger partial charge in [0.15, 0.2) is 0 Å². The van der Waals surface area contributed by atoms with E-state index in [0.29, 0.717) is 6.42 Å². The molecule has 3 atom stereocenters. The van der Waals surface area contributed by atoms with Crippen LogP contribution in [0.25, 0.3) is 0 Å². The zero-order valence-electron chi connectivity index (χ0n) is 12.7. The van der Waals surface area contributed by atoms with Crippen molar-refractivity contribution in [3.63, 3.8) is 0 Å². The van der Waals surface area contributed by atoms with Gasteiger partial charge in [0.05, 0.1) is 18.6 Å². The van der Waals surface area contributed by atoms with Gasteiger partial charge in [-0.3, -0.25) is 14.5 Å². The molecule has 0 aromatic heterocycles. The van der Waals surface area contributed by atoms with E-state index in [4.69, 9.17) is 4.74 Å². The van der Waals surface area contributed by atoms with E-state index >= 15 is 0 Å². The van der Waals surface area contributed by atoms with Crippen LogP contribution in [-0.2, 0) is 14.3 Å². The summed E-state index contributed by atoms with van der Waals surface area (Å²) in [6, 6.07) is -0.00374. The number of ether oxygens (including phenoxy) is 1. The predicted molar refractivity (Wildman–Crippen MR) is 76.2 cm³/mol. The third-order valence-electron chi connectivity index (χ3n) is 4.41. The molecule has 1 N–H and O–H groups in total. The Kier molecular flexibility index (Phi) is 5.16. The molecule has 2 fully saturated rings. The molecule has 0 radical (unpaired) electrons. The normalized spacial score (nSPS) is 31.4. The van der Waals surface area contributed by atoms with E-state index in [-0.39, 0.29) is 36.0 Å². The first-order valence-electron chi connectivity index (χ1n) is 7.80.